The summed E-state index contributed by atoms with van der Waals surface area (Å²) in [6.07, 6.45) is 0. The largest absolute Gasteiger partial charge is 0.464 e. The maximum atomic E-state index is 13.4. The molecule has 27 heavy (non-hydrogen) atoms. The smallest absolute Gasteiger partial charge is 0.315 e. The molecule has 2 rings (SSSR count). The average Bonchev–Trinajstić information content (AvgIpc) is 2.62. The molecule has 0 spiro atoms. The third-order valence-corrected chi connectivity index (χ3v) is 5.47. The zero-order chi connectivity index (χ0) is 19.6. The van der Waals surface area contributed by atoms with Crippen LogP contribution in [0.15, 0.2) is 47.4 Å². The number of anilines is 1. The zero-order valence-electron chi connectivity index (χ0n) is 15.3. The maximum Gasteiger partial charge on any atom is 0.315 e. The average molecular weight is 408 g/mol. The van der Waals surface area contributed by atoms with Crippen molar-refractivity contribution in [2.75, 3.05) is 29.2 Å². The van der Waals surface area contributed by atoms with Crippen molar-refractivity contribution in [1.82, 2.24) is 0 Å². The second kappa shape index (κ2) is 11.0. The number of aryl methyl sites for hydroxylation is 2. The van der Waals surface area contributed by atoms with E-state index < -0.39 is 0 Å². The summed E-state index contributed by atoms with van der Waals surface area (Å²) in [5.74, 6) is -0.0655. The number of ether oxygens (including phenoxy) is 1. The molecule has 0 aromatic heterocycles. The molecule has 0 aliphatic carbocycles. The van der Waals surface area contributed by atoms with Crippen LogP contribution in [-0.4, -0.2) is 35.7 Å². The van der Waals surface area contributed by atoms with Crippen molar-refractivity contribution >= 4 is 41.1 Å². The lowest BCUT2D eigenvalue weighted by molar-refractivity contribution is -0.139. The van der Waals surface area contributed by atoms with Crippen LogP contribution in [0.1, 0.15) is 11.1 Å². The van der Waals surface area contributed by atoms with Gasteiger partial charge in [-0.2, -0.15) is 0 Å². The van der Waals surface area contributed by atoms with Gasteiger partial charge in [-0.1, -0.05) is 29.8 Å². The molecule has 1 amide bonds. The minimum absolute atomic E-state index is 0.102. The van der Waals surface area contributed by atoms with Crippen LogP contribution < -0.4 is 5.32 Å². The van der Waals surface area contributed by atoms with Crippen molar-refractivity contribution in [1.29, 1.82) is 0 Å². The summed E-state index contributed by atoms with van der Waals surface area (Å²) < 4.78 is 18.6. The van der Waals surface area contributed by atoms with Gasteiger partial charge in [0.05, 0.1) is 11.5 Å². The molecule has 0 saturated carbocycles. The molecule has 0 unspecified atom stereocenters. The van der Waals surface area contributed by atoms with Gasteiger partial charge in [0.2, 0.25) is 5.91 Å². The number of rotatable bonds is 9. The molecule has 0 atom stereocenters. The molecule has 0 bridgehead atoms. The molecule has 2 aromatic rings. The van der Waals surface area contributed by atoms with E-state index in [4.69, 9.17) is 4.74 Å². The Kier molecular flexibility index (Phi) is 8.67. The summed E-state index contributed by atoms with van der Waals surface area (Å²) in [5, 5.41) is 2.84. The zero-order valence-corrected chi connectivity index (χ0v) is 16.9. The highest BCUT2D eigenvalue weighted by atomic mass is 32.2. The number of carbonyl (C=O) groups is 2. The van der Waals surface area contributed by atoms with Gasteiger partial charge in [0.25, 0.3) is 0 Å². The van der Waals surface area contributed by atoms with E-state index in [1.165, 1.54) is 29.6 Å². The van der Waals surface area contributed by atoms with Crippen LogP contribution in [-0.2, 0) is 14.3 Å². The Hall–Kier alpha value is -1.99. The van der Waals surface area contributed by atoms with Crippen molar-refractivity contribution in [3.8, 4) is 0 Å². The molecular formula is C20H22FNO3S2. The monoisotopic (exact) mass is 407 g/mol. The van der Waals surface area contributed by atoms with Gasteiger partial charge in [-0.25, -0.2) is 4.39 Å². The number of esters is 1. The highest BCUT2D eigenvalue weighted by molar-refractivity contribution is 8.00. The van der Waals surface area contributed by atoms with Crippen LogP contribution in [0.2, 0.25) is 0 Å². The Bertz CT molecular complexity index is 799. The molecule has 0 aliphatic rings. The molecule has 0 heterocycles. The van der Waals surface area contributed by atoms with E-state index in [9.17, 15) is 14.0 Å². The van der Waals surface area contributed by atoms with Gasteiger partial charge in [-0.15, -0.1) is 23.5 Å². The van der Waals surface area contributed by atoms with Gasteiger partial charge in [-0.3, -0.25) is 9.59 Å². The summed E-state index contributed by atoms with van der Waals surface area (Å²) in [4.78, 5) is 24.2. The van der Waals surface area contributed by atoms with Crippen molar-refractivity contribution in [2.45, 2.75) is 18.7 Å². The molecule has 2 aromatic carbocycles. The van der Waals surface area contributed by atoms with Gasteiger partial charge in [0, 0.05) is 16.3 Å². The molecule has 144 valence electrons. The van der Waals surface area contributed by atoms with Crippen molar-refractivity contribution in [3.63, 3.8) is 0 Å². The summed E-state index contributed by atoms with van der Waals surface area (Å²) in [7, 11) is 0. The van der Waals surface area contributed by atoms with E-state index in [2.05, 4.69) is 5.32 Å². The molecule has 7 heteroatoms. The van der Waals surface area contributed by atoms with E-state index in [1.807, 2.05) is 32.0 Å². The normalized spacial score (nSPS) is 10.5. The van der Waals surface area contributed by atoms with Crippen molar-refractivity contribution in [2.24, 2.45) is 0 Å². The van der Waals surface area contributed by atoms with Crippen LogP contribution >= 0.6 is 23.5 Å². The highest BCUT2D eigenvalue weighted by Crippen LogP contribution is 2.21. The second-order valence-corrected chi connectivity index (χ2v) is 7.98. The predicted molar refractivity (Wildman–Crippen MR) is 110 cm³/mol. The van der Waals surface area contributed by atoms with E-state index in [0.29, 0.717) is 10.6 Å². The molecule has 0 saturated heterocycles. The number of thioether (sulfide) groups is 2. The SMILES string of the molecule is Cc1ccc(NC(=O)CSCC(=O)OCCSc2ccccc2F)c(C)c1. The first-order valence-electron chi connectivity index (χ1n) is 8.43. The minimum Gasteiger partial charge on any atom is -0.464 e. The number of nitrogens with one attached hydrogen (secondary N) is 1. The van der Waals surface area contributed by atoms with Gasteiger partial charge >= 0.3 is 5.97 Å². The van der Waals surface area contributed by atoms with E-state index in [-0.39, 0.29) is 35.8 Å². The first-order valence-corrected chi connectivity index (χ1v) is 10.6. The maximum absolute atomic E-state index is 13.4. The summed E-state index contributed by atoms with van der Waals surface area (Å²) in [5.41, 5.74) is 2.91. The van der Waals surface area contributed by atoms with Crippen LogP contribution in [0, 0.1) is 19.7 Å². The Morgan fingerprint density at radius 1 is 1.11 bits per heavy atom. The standard InChI is InChI=1S/C20H22FNO3S2/c1-14-7-8-17(15(2)11-14)22-19(23)12-26-13-20(24)25-9-10-27-18-6-4-3-5-16(18)21/h3-8,11H,9-10,12-13H2,1-2H3,(H,22,23). The van der Waals surface area contributed by atoms with Crippen LogP contribution in [0.25, 0.3) is 0 Å². The Labute approximate surface area is 167 Å². The molecule has 0 radical (unpaired) electrons. The second-order valence-electron chi connectivity index (χ2n) is 5.86. The summed E-state index contributed by atoms with van der Waals surface area (Å²) in [6.45, 7) is 4.13. The first-order chi connectivity index (χ1) is 13.0. The molecule has 0 aliphatic heterocycles. The fourth-order valence-corrected chi connectivity index (χ4v) is 3.65. The Balaban J connectivity index is 1.60. The third kappa shape index (κ3) is 7.64. The van der Waals surface area contributed by atoms with Crippen LogP contribution in [0.4, 0.5) is 10.1 Å². The topological polar surface area (TPSA) is 55.4 Å². The number of amides is 1. The molecule has 1 N–H and O–H groups in total. The van der Waals surface area contributed by atoms with Crippen molar-refractivity contribution in [3.05, 3.63) is 59.4 Å². The van der Waals surface area contributed by atoms with E-state index in [0.717, 1.165) is 16.8 Å². The van der Waals surface area contributed by atoms with E-state index >= 15 is 0 Å². The van der Waals surface area contributed by atoms with Gasteiger partial charge in [0.1, 0.15) is 12.4 Å². The number of carbonyl (C=O) groups excluding carboxylic acids is 2. The van der Waals surface area contributed by atoms with Gasteiger partial charge in [0.15, 0.2) is 0 Å². The number of benzene rings is 2. The Morgan fingerprint density at radius 3 is 2.63 bits per heavy atom. The molecule has 4 nitrogen and oxygen atoms in total. The van der Waals surface area contributed by atoms with E-state index in [1.54, 1.807) is 18.2 Å². The molecular weight excluding hydrogens is 385 g/mol. The quantitative estimate of drug-likeness (QED) is 0.378. The van der Waals surface area contributed by atoms with Gasteiger partial charge < -0.3 is 10.1 Å². The summed E-state index contributed by atoms with van der Waals surface area (Å²) in [6, 6.07) is 12.3. The highest BCUT2D eigenvalue weighted by Gasteiger charge is 2.09. The fourth-order valence-electron chi connectivity index (χ4n) is 2.28. The lowest BCUT2D eigenvalue weighted by Gasteiger charge is -2.09. The third-order valence-electron chi connectivity index (χ3n) is 3.55. The first kappa shape index (κ1) is 21.3. The number of halogens is 1. The fraction of sp³-hybridized carbons (Fsp3) is 0.300. The predicted octanol–water partition coefficient (Wildman–Crippen LogP) is 4.45. The van der Waals surface area contributed by atoms with Gasteiger partial charge in [-0.05, 0) is 37.6 Å². The Morgan fingerprint density at radius 2 is 1.89 bits per heavy atom. The van der Waals surface area contributed by atoms with Crippen molar-refractivity contribution < 1.29 is 18.7 Å². The lowest BCUT2D eigenvalue weighted by atomic mass is 10.1. The summed E-state index contributed by atoms with van der Waals surface area (Å²) >= 11 is 2.50. The lowest BCUT2D eigenvalue weighted by Crippen LogP contribution is -2.17. The van der Waals surface area contributed by atoms with Crippen LogP contribution in [0.5, 0.6) is 0 Å². The minimum atomic E-state index is -0.381. The van der Waals surface area contributed by atoms with Crippen LogP contribution in [0.3, 0.4) is 0 Å². The molecule has 0 fully saturated rings. The number of hydrogen-bond donors (Lipinski definition) is 1. The number of hydrogen-bond acceptors (Lipinski definition) is 5.